The van der Waals surface area contributed by atoms with Crippen LogP contribution in [-0.2, 0) is 4.74 Å². The molecule has 2 N–H and O–H groups in total. The first kappa shape index (κ1) is 7.20. The second-order valence-electron chi connectivity index (χ2n) is 1.41. The Morgan fingerprint density at radius 1 is 2.00 bits per heavy atom. The molecular formula is C4H8FNO2. The van der Waals surface area contributed by atoms with Gasteiger partial charge in [-0.25, -0.2) is 9.18 Å². The Balaban J connectivity index is 3.05. The fourth-order valence-electron chi connectivity index (χ4n) is 0.197. The number of hydrogen-bond acceptors (Lipinski definition) is 2. The van der Waals surface area contributed by atoms with Crippen molar-refractivity contribution < 1.29 is 13.9 Å². The van der Waals surface area contributed by atoms with E-state index >= 15 is 0 Å². The molecule has 0 rings (SSSR count). The van der Waals surface area contributed by atoms with Gasteiger partial charge in [0.2, 0.25) is 0 Å². The van der Waals surface area contributed by atoms with Crippen LogP contribution in [0.4, 0.5) is 9.18 Å². The van der Waals surface area contributed by atoms with Crippen molar-refractivity contribution in [2.45, 2.75) is 13.1 Å². The third-order valence-electron chi connectivity index (χ3n) is 0.455. The maximum atomic E-state index is 11.7. The summed E-state index contributed by atoms with van der Waals surface area (Å²) < 4.78 is 15.8. The molecule has 8 heavy (non-hydrogen) atoms. The summed E-state index contributed by atoms with van der Waals surface area (Å²) in [6, 6.07) is 0. The van der Waals surface area contributed by atoms with Gasteiger partial charge in [0, 0.05) is 0 Å². The zero-order valence-electron chi connectivity index (χ0n) is 4.56. The summed E-state index contributed by atoms with van der Waals surface area (Å²) in [5.74, 6) is 0. The summed E-state index contributed by atoms with van der Waals surface area (Å²) in [5.41, 5.74) is 4.51. The topological polar surface area (TPSA) is 52.3 Å². The van der Waals surface area contributed by atoms with Crippen molar-refractivity contribution in [1.29, 1.82) is 0 Å². The lowest BCUT2D eigenvalue weighted by molar-refractivity contribution is 0.125. The second-order valence-corrected chi connectivity index (χ2v) is 1.41. The summed E-state index contributed by atoms with van der Waals surface area (Å²) >= 11 is 0. The van der Waals surface area contributed by atoms with Crippen molar-refractivity contribution in [3.63, 3.8) is 0 Å². The summed E-state index contributed by atoms with van der Waals surface area (Å²) in [6.07, 6.45) is -2.07. The van der Waals surface area contributed by atoms with Gasteiger partial charge < -0.3 is 10.5 Å². The molecule has 0 aromatic carbocycles. The Kier molecular flexibility index (Phi) is 2.91. The van der Waals surface area contributed by atoms with Crippen LogP contribution >= 0.6 is 0 Å². The highest BCUT2D eigenvalue weighted by atomic mass is 19.1. The van der Waals surface area contributed by atoms with Crippen LogP contribution in [0.5, 0.6) is 0 Å². The maximum Gasteiger partial charge on any atom is 0.404 e. The third-order valence-corrected chi connectivity index (χ3v) is 0.455. The predicted molar refractivity (Wildman–Crippen MR) is 26.1 cm³/mol. The third kappa shape index (κ3) is 5.20. The van der Waals surface area contributed by atoms with E-state index in [9.17, 15) is 9.18 Å². The minimum Gasteiger partial charge on any atom is -0.447 e. The van der Waals surface area contributed by atoms with Crippen LogP contribution in [0, 0.1) is 0 Å². The van der Waals surface area contributed by atoms with E-state index < -0.39 is 12.3 Å². The molecular weight excluding hydrogens is 113 g/mol. The van der Waals surface area contributed by atoms with Gasteiger partial charge >= 0.3 is 6.09 Å². The van der Waals surface area contributed by atoms with E-state index in [1.54, 1.807) is 0 Å². The van der Waals surface area contributed by atoms with E-state index in [-0.39, 0.29) is 6.61 Å². The van der Waals surface area contributed by atoms with Crippen LogP contribution in [0.15, 0.2) is 0 Å². The van der Waals surface area contributed by atoms with Gasteiger partial charge in [0.05, 0.1) is 0 Å². The minimum absolute atomic E-state index is 0.255. The van der Waals surface area contributed by atoms with E-state index in [2.05, 4.69) is 10.5 Å². The Bertz CT molecular complexity index is 84.1. The molecule has 1 unspecified atom stereocenters. The van der Waals surface area contributed by atoms with Crippen LogP contribution in [0.2, 0.25) is 0 Å². The number of alkyl halides is 1. The number of primary amides is 1. The van der Waals surface area contributed by atoms with Gasteiger partial charge in [0.15, 0.2) is 0 Å². The van der Waals surface area contributed by atoms with Gasteiger partial charge in [-0.3, -0.25) is 0 Å². The van der Waals surface area contributed by atoms with Gasteiger partial charge in [0.25, 0.3) is 0 Å². The molecule has 0 aliphatic carbocycles. The van der Waals surface area contributed by atoms with Crippen molar-refractivity contribution in [2.24, 2.45) is 5.73 Å². The van der Waals surface area contributed by atoms with Gasteiger partial charge in [-0.1, -0.05) is 0 Å². The quantitative estimate of drug-likeness (QED) is 0.576. The van der Waals surface area contributed by atoms with E-state index in [1.807, 2.05) is 0 Å². The van der Waals surface area contributed by atoms with Crippen molar-refractivity contribution in [1.82, 2.24) is 0 Å². The number of amides is 1. The average molecular weight is 121 g/mol. The van der Waals surface area contributed by atoms with Gasteiger partial charge in [-0.15, -0.1) is 0 Å². The van der Waals surface area contributed by atoms with E-state index in [4.69, 9.17) is 0 Å². The normalized spacial score (nSPS) is 12.8. The SMILES string of the molecule is CC(F)COC(N)=O. The number of rotatable bonds is 2. The van der Waals surface area contributed by atoms with E-state index in [0.717, 1.165) is 0 Å². The van der Waals surface area contributed by atoms with Crippen molar-refractivity contribution in [2.75, 3.05) is 6.61 Å². The zero-order valence-corrected chi connectivity index (χ0v) is 4.56. The predicted octanol–water partition coefficient (Wildman–Crippen LogP) is 0.440. The molecule has 0 saturated carbocycles. The van der Waals surface area contributed by atoms with Crippen molar-refractivity contribution in [3.8, 4) is 0 Å². The maximum absolute atomic E-state index is 11.7. The molecule has 0 aromatic heterocycles. The molecule has 1 amide bonds. The van der Waals surface area contributed by atoms with Crippen LogP contribution in [0.3, 0.4) is 0 Å². The molecule has 0 saturated heterocycles. The summed E-state index contributed by atoms with van der Waals surface area (Å²) in [4.78, 5) is 9.74. The summed E-state index contributed by atoms with van der Waals surface area (Å²) in [5, 5.41) is 0. The Labute approximate surface area is 46.6 Å². The zero-order chi connectivity index (χ0) is 6.57. The lowest BCUT2D eigenvalue weighted by Gasteiger charge is -1.99. The second kappa shape index (κ2) is 3.23. The number of carbonyl (C=O) groups excluding carboxylic acids is 1. The number of ether oxygens (including phenoxy) is 1. The fourth-order valence-corrected chi connectivity index (χ4v) is 0.197. The fraction of sp³-hybridized carbons (Fsp3) is 0.750. The molecule has 0 radical (unpaired) electrons. The highest BCUT2D eigenvalue weighted by molar-refractivity contribution is 5.64. The first-order chi connectivity index (χ1) is 3.63. The largest absolute Gasteiger partial charge is 0.447 e. The van der Waals surface area contributed by atoms with E-state index in [1.165, 1.54) is 6.92 Å². The Hall–Kier alpha value is -0.800. The molecule has 0 heterocycles. The molecule has 0 aliphatic rings. The first-order valence-corrected chi connectivity index (χ1v) is 2.19. The lowest BCUT2D eigenvalue weighted by atomic mass is 10.5. The average Bonchev–Trinajstić information content (AvgIpc) is 1.61. The van der Waals surface area contributed by atoms with Crippen LogP contribution in [0.25, 0.3) is 0 Å². The molecule has 0 spiro atoms. The smallest absolute Gasteiger partial charge is 0.404 e. The van der Waals surface area contributed by atoms with Crippen LogP contribution in [-0.4, -0.2) is 18.9 Å². The molecule has 0 aromatic rings. The van der Waals surface area contributed by atoms with Crippen molar-refractivity contribution in [3.05, 3.63) is 0 Å². The van der Waals surface area contributed by atoms with Crippen molar-refractivity contribution >= 4 is 6.09 Å². The molecule has 4 heteroatoms. The molecule has 0 bridgehead atoms. The molecule has 1 atom stereocenters. The van der Waals surface area contributed by atoms with E-state index in [0.29, 0.717) is 0 Å². The molecule has 0 fully saturated rings. The van der Waals surface area contributed by atoms with Crippen LogP contribution < -0.4 is 5.73 Å². The Morgan fingerprint density at radius 3 is 2.62 bits per heavy atom. The van der Waals surface area contributed by atoms with Gasteiger partial charge in [-0.05, 0) is 6.92 Å². The molecule has 0 aliphatic heterocycles. The number of nitrogens with two attached hydrogens (primary N) is 1. The van der Waals surface area contributed by atoms with Gasteiger partial charge in [-0.2, -0.15) is 0 Å². The summed E-state index contributed by atoms with van der Waals surface area (Å²) in [7, 11) is 0. The number of halogens is 1. The molecule has 3 nitrogen and oxygen atoms in total. The van der Waals surface area contributed by atoms with Gasteiger partial charge in [0.1, 0.15) is 12.8 Å². The number of carbonyl (C=O) groups is 1. The first-order valence-electron chi connectivity index (χ1n) is 2.19. The number of hydrogen-bond donors (Lipinski definition) is 1. The molecule has 48 valence electrons. The highest BCUT2D eigenvalue weighted by Gasteiger charge is 1.98. The van der Waals surface area contributed by atoms with Crippen LogP contribution in [0.1, 0.15) is 6.92 Å². The standard InChI is InChI=1S/C4H8FNO2/c1-3(5)2-8-4(6)7/h3H,2H2,1H3,(H2,6,7). The minimum atomic E-state index is -1.14. The monoisotopic (exact) mass is 121 g/mol. The lowest BCUT2D eigenvalue weighted by Crippen LogP contribution is -2.17. The highest BCUT2D eigenvalue weighted by Crippen LogP contribution is 1.87. The Morgan fingerprint density at radius 2 is 2.50 bits per heavy atom. The summed E-state index contributed by atoms with van der Waals surface area (Å²) in [6.45, 7) is 1.03.